The smallest absolute Gasteiger partial charge is 0.351 e. The maximum Gasteiger partial charge on any atom is 0.439 e. The van der Waals surface area contributed by atoms with E-state index < -0.39 is 131 Å². The largest absolute Gasteiger partial charge is 0.439 e. The van der Waals surface area contributed by atoms with Gasteiger partial charge in [0.25, 0.3) is 32.9 Å². The highest BCUT2D eigenvalue weighted by Gasteiger charge is 2.97. The van der Waals surface area contributed by atoms with E-state index in [0.717, 1.165) is 6.92 Å². The molecule has 0 aromatic rings. The van der Waals surface area contributed by atoms with Gasteiger partial charge >= 0.3 is 43.0 Å². The van der Waals surface area contributed by atoms with Crippen molar-refractivity contribution in [1.82, 2.24) is 5.32 Å². The van der Waals surface area contributed by atoms with Crippen LogP contribution in [0.4, 0.5) is 52.7 Å². The molecular formula is C20H21F12NO10S4. The summed E-state index contributed by atoms with van der Waals surface area (Å²) in [5.74, 6) is -17.8. The van der Waals surface area contributed by atoms with Gasteiger partial charge in [-0.1, -0.05) is 0 Å². The summed E-state index contributed by atoms with van der Waals surface area (Å²) in [4.78, 5) is 11.7. The van der Waals surface area contributed by atoms with Gasteiger partial charge in [0.15, 0.2) is 0 Å². The van der Waals surface area contributed by atoms with Crippen LogP contribution in [0.1, 0.15) is 52.4 Å². The lowest BCUT2D eigenvalue weighted by molar-refractivity contribution is -0.250. The number of rotatable bonds is 8. The highest BCUT2D eigenvalue weighted by molar-refractivity contribution is 8.27. The first kappa shape index (κ1) is 38.2. The summed E-state index contributed by atoms with van der Waals surface area (Å²) >= 11 is 0. The van der Waals surface area contributed by atoms with Gasteiger partial charge in [-0.2, -0.15) is 61.1 Å². The van der Waals surface area contributed by atoms with E-state index in [4.69, 9.17) is 0 Å². The Morgan fingerprint density at radius 2 is 1.17 bits per heavy atom. The molecule has 4 aliphatic carbocycles. The predicted octanol–water partition coefficient (Wildman–Crippen LogP) is 3.13. The molecule has 47 heavy (non-hydrogen) atoms. The fourth-order valence-corrected chi connectivity index (χ4v) is 16.7. The van der Waals surface area contributed by atoms with Crippen molar-refractivity contribution >= 4 is 45.5 Å². The highest BCUT2D eigenvalue weighted by atomic mass is 32.3. The van der Waals surface area contributed by atoms with Crippen LogP contribution in [0.2, 0.25) is 0 Å². The zero-order chi connectivity index (χ0) is 36.9. The maximum atomic E-state index is 15.1. The number of nitrogens with one attached hydrogen (secondary N) is 1. The van der Waals surface area contributed by atoms with Crippen LogP contribution in [0.25, 0.3) is 0 Å². The van der Waals surface area contributed by atoms with Crippen LogP contribution in [0.3, 0.4) is 0 Å². The Balaban J connectivity index is 1.84. The van der Waals surface area contributed by atoms with Gasteiger partial charge in [-0.15, -0.1) is 0 Å². The van der Waals surface area contributed by atoms with Gasteiger partial charge < -0.3 is 5.32 Å². The maximum absolute atomic E-state index is 15.1. The third-order valence-corrected chi connectivity index (χ3v) is 20.1. The van der Waals surface area contributed by atoms with E-state index >= 15 is 26.3 Å². The minimum Gasteiger partial charge on any atom is -0.351 e. The Bertz CT molecular complexity index is 1780. The number of carbonyl (C=O) groups is 1. The van der Waals surface area contributed by atoms with Crippen LogP contribution < -0.4 is 5.32 Å². The van der Waals surface area contributed by atoms with Gasteiger partial charge in [-0.05, 0) is 50.9 Å². The molecular weight excluding hydrogens is 770 g/mol. The molecule has 1 heterocycles. The van der Waals surface area contributed by atoms with Gasteiger partial charge in [-0.3, -0.25) is 8.98 Å². The topological polar surface area (TPSA) is 175 Å². The molecule has 1 amide bonds. The Kier molecular flexibility index (Phi) is 7.79. The number of sulfone groups is 3. The second kappa shape index (κ2) is 9.58. The molecule has 1 aliphatic heterocycles. The summed E-state index contributed by atoms with van der Waals surface area (Å²) in [6.07, 6.45) is -1.25. The second-order valence-corrected chi connectivity index (χ2v) is 21.6. The lowest BCUT2D eigenvalue weighted by Gasteiger charge is -2.61. The van der Waals surface area contributed by atoms with Crippen LogP contribution in [0.15, 0.2) is 0 Å². The molecule has 0 spiro atoms. The SMILES string of the molecule is CC(=O)NC12CC3CC(C1)CC(OS(=O)(=O)C(F)(F)C(F)(F)C(F)(F)S(=O)(=O)C1(C)S(=O)(=O)C(F)(F)C(F)(F)C(F)(F)S1(=O)=O)(C3)C2. The number of hydrogen-bond donors (Lipinski definition) is 1. The molecule has 1 N–H and O–H groups in total. The Morgan fingerprint density at radius 1 is 0.766 bits per heavy atom. The van der Waals surface area contributed by atoms with Crippen LogP contribution in [0, 0.1) is 11.8 Å². The first-order valence-corrected chi connectivity index (χ1v) is 18.5. The van der Waals surface area contributed by atoms with E-state index in [1.54, 1.807) is 0 Å². The van der Waals surface area contributed by atoms with E-state index in [9.17, 15) is 64.8 Å². The standard InChI is InChI=1S/C20H21F12NO10S4/c1-9(34)33-13-4-10-3-11(5-13)7-14(6-10,8-13)43-47(41,42)20(31,32)16(23,24)19(29,30)46(39,40)12(2)44(35,36)17(25,26)15(21,22)18(27,28)45(12,37)38/h10-11H,3-8H2,1-2H3,(H,33,34). The normalized spacial score (nSPS) is 35.3. The van der Waals surface area contributed by atoms with Crippen molar-refractivity contribution in [3.8, 4) is 0 Å². The Labute approximate surface area is 257 Å². The van der Waals surface area contributed by atoms with Crippen molar-refractivity contribution in [2.45, 2.75) is 99.8 Å². The van der Waals surface area contributed by atoms with Crippen molar-refractivity contribution in [3.63, 3.8) is 0 Å². The Morgan fingerprint density at radius 3 is 1.55 bits per heavy atom. The molecule has 0 radical (unpaired) electrons. The minimum absolute atomic E-state index is 0.104. The van der Waals surface area contributed by atoms with Gasteiger partial charge in [0.2, 0.25) is 5.91 Å². The first-order chi connectivity index (χ1) is 20.4. The van der Waals surface area contributed by atoms with Crippen molar-refractivity contribution in [3.05, 3.63) is 0 Å². The van der Waals surface area contributed by atoms with Gasteiger partial charge in [0.05, 0.1) is 5.60 Å². The van der Waals surface area contributed by atoms with Gasteiger partial charge in [0.1, 0.15) is 0 Å². The predicted molar refractivity (Wildman–Crippen MR) is 129 cm³/mol. The molecule has 11 nitrogen and oxygen atoms in total. The molecule has 5 aliphatic rings. The van der Waals surface area contributed by atoms with Crippen molar-refractivity contribution in [2.75, 3.05) is 0 Å². The molecule has 0 aromatic carbocycles. The summed E-state index contributed by atoms with van der Waals surface area (Å²) in [5, 5.41) is -28.7. The van der Waals surface area contributed by atoms with E-state index in [1.165, 1.54) is 0 Å². The van der Waals surface area contributed by atoms with Crippen LogP contribution >= 0.6 is 0 Å². The second-order valence-electron chi connectivity index (χ2n) is 12.2. The zero-order valence-corrected chi connectivity index (χ0v) is 26.4. The lowest BCUT2D eigenvalue weighted by Crippen LogP contribution is -2.78. The van der Waals surface area contributed by atoms with E-state index in [2.05, 4.69) is 9.50 Å². The molecule has 0 aromatic heterocycles. The molecule has 1 saturated heterocycles. The molecule has 2 atom stereocenters. The third-order valence-electron chi connectivity index (χ3n) is 8.99. The molecule has 274 valence electrons. The summed E-state index contributed by atoms with van der Waals surface area (Å²) < 4.78 is 272. The van der Waals surface area contributed by atoms with Crippen LogP contribution in [-0.2, 0) is 48.6 Å². The van der Waals surface area contributed by atoms with Crippen molar-refractivity contribution in [1.29, 1.82) is 0 Å². The fourth-order valence-electron chi connectivity index (χ4n) is 7.21. The molecule has 2 unspecified atom stereocenters. The number of hydrogen-bond acceptors (Lipinski definition) is 10. The summed E-state index contributed by atoms with van der Waals surface area (Å²) in [6.45, 7) is -0.589. The van der Waals surface area contributed by atoms with Gasteiger partial charge in [-0.25, -0.2) is 25.3 Å². The molecule has 4 saturated carbocycles. The van der Waals surface area contributed by atoms with Gasteiger partial charge in [0, 0.05) is 18.9 Å². The summed E-state index contributed by atoms with van der Waals surface area (Å²) in [7, 11) is -34.0. The first-order valence-electron chi connectivity index (χ1n) is 12.7. The number of alkyl halides is 12. The average molecular weight is 792 g/mol. The van der Waals surface area contributed by atoms with E-state index in [-0.39, 0.29) is 19.3 Å². The molecule has 4 bridgehead atoms. The lowest BCUT2D eigenvalue weighted by atomic mass is 9.51. The summed E-state index contributed by atoms with van der Waals surface area (Å²) in [5.41, 5.74) is -3.80. The quantitative estimate of drug-likeness (QED) is 0.284. The number of amides is 1. The molecule has 27 heteroatoms. The monoisotopic (exact) mass is 791 g/mol. The zero-order valence-electron chi connectivity index (χ0n) is 23.1. The van der Waals surface area contributed by atoms with Crippen molar-refractivity contribution in [2.24, 2.45) is 11.8 Å². The Hall–Kier alpha value is -1.61. The molecule has 5 fully saturated rings. The third kappa shape index (κ3) is 4.16. The minimum atomic E-state index is -9.15. The summed E-state index contributed by atoms with van der Waals surface area (Å²) in [6, 6.07) is 0. The number of halogens is 12. The molecule has 5 rings (SSSR count). The van der Waals surface area contributed by atoms with E-state index in [1.807, 2.05) is 0 Å². The van der Waals surface area contributed by atoms with E-state index in [0.29, 0.717) is 0 Å². The highest BCUT2D eigenvalue weighted by Crippen LogP contribution is 2.66. The van der Waals surface area contributed by atoms with Crippen molar-refractivity contribution < 1.29 is 95.3 Å². The number of carbonyl (C=O) groups excluding carboxylic acids is 1. The van der Waals surface area contributed by atoms with Crippen LogP contribution in [-0.4, -0.2) is 87.0 Å². The fraction of sp³-hybridized carbons (Fsp3) is 0.950. The van der Waals surface area contributed by atoms with Crippen LogP contribution in [0.5, 0.6) is 0 Å². The average Bonchev–Trinajstić information content (AvgIpc) is 2.83.